The van der Waals surface area contributed by atoms with Crippen LogP contribution < -0.4 is 9.47 Å². The minimum absolute atomic E-state index is 0.0871. The number of alkyl halides is 4. The Kier molecular flexibility index (Phi) is 3.87. The van der Waals surface area contributed by atoms with Gasteiger partial charge in [0.2, 0.25) is 5.78 Å². The van der Waals surface area contributed by atoms with Crippen LogP contribution in [0.2, 0.25) is 0 Å². The fourth-order valence-electron chi connectivity index (χ4n) is 1.69. The summed E-state index contributed by atoms with van der Waals surface area (Å²) in [5.41, 5.74) is -0.535. The van der Waals surface area contributed by atoms with Gasteiger partial charge < -0.3 is 9.47 Å². The first-order chi connectivity index (χ1) is 9.32. The zero-order chi connectivity index (χ0) is 14.9. The van der Waals surface area contributed by atoms with Crippen LogP contribution in [-0.4, -0.2) is 31.3 Å². The molecule has 1 aliphatic heterocycles. The molecule has 7 heteroatoms. The molecule has 0 spiro atoms. The van der Waals surface area contributed by atoms with Crippen LogP contribution in [0.15, 0.2) is 18.2 Å². The first kappa shape index (κ1) is 14.6. The van der Waals surface area contributed by atoms with Gasteiger partial charge in [0.1, 0.15) is 0 Å². The van der Waals surface area contributed by atoms with E-state index in [1.807, 2.05) is 6.92 Å². The van der Waals surface area contributed by atoms with E-state index < -0.39 is 23.7 Å². The number of rotatable bonds is 3. The number of benzene rings is 1. The molecule has 0 N–H and O–H groups in total. The third-order valence-corrected chi connectivity index (χ3v) is 2.83. The minimum Gasteiger partial charge on any atom is -0.489 e. The molecule has 1 aromatic carbocycles. The lowest BCUT2D eigenvalue weighted by Gasteiger charge is -2.15. The van der Waals surface area contributed by atoms with Crippen molar-refractivity contribution in [2.75, 3.05) is 13.2 Å². The molecule has 1 unspecified atom stereocenters. The maximum Gasteiger partial charge on any atom is 0.368 e. The summed E-state index contributed by atoms with van der Waals surface area (Å²) in [4.78, 5) is 11.4. The lowest BCUT2D eigenvalue weighted by molar-refractivity contribution is -0.0958. The molecule has 2 rings (SSSR count). The Balaban J connectivity index is 2.30. The lowest BCUT2D eigenvalue weighted by Crippen LogP contribution is -2.36. The summed E-state index contributed by atoms with van der Waals surface area (Å²) in [6, 6.07) is 3.30. The van der Waals surface area contributed by atoms with Crippen molar-refractivity contribution in [3.05, 3.63) is 23.8 Å². The minimum atomic E-state index is -4.72. The number of hydrogen-bond donors (Lipinski definition) is 0. The molecule has 1 heterocycles. The van der Waals surface area contributed by atoms with Gasteiger partial charge in [-0.25, -0.2) is 8.78 Å². The van der Waals surface area contributed by atoms with Crippen molar-refractivity contribution in [2.24, 2.45) is 5.92 Å². The SMILES string of the molecule is CC1COc2ccc(C(=O)C(F)(F)C(F)F)cc2OC1. The van der Waals surface area contributed by atoms with E-state index in [1.165, 1.54) is 6.07 Å². The number of hydrogen-bond acceptors (Lipinski definition) is 3. The predicted molar refractivity (Wildman–Crippen MR) is 61.9 cm³/mol. The second-order valence-electron chi connectivity index (χ2n) is 4.64. The van der Waals surface area contributed by atoms with E-state index in [2.05, 4.69) is 0 Å². The van der Waals surface area contributed by atoms with Crippen LogP contribution in [0.3, 0.4) is 0 Å². The first-order valence-corrected chi connectivity index (χ1v) is 5.92. The number of ketones is 1. The molecule has 1 aliphatic rings. The Bertz CT molecular complexity index is 516. The number of carbonyl (C=O) groups is 1. The summed E-state index contributed by atoms with van der Waals surface area (Å²) >= 11 is 0. The highest BCUT2D eigenvalue weighted by molar-refractivity contribution is 6.02. The van der Waals surface area contributed by atoms with Crippen molar-refractivity contribution < 1.29 is 31.8 Å². The lowest BCUT2D eigenvalue weighted by atomic mass is 10.1. The molecule has 0 fully saturated rings. The molecule has 1 atom stereocenters. The molecule has 0 saturated heterocycles. The topological polar surface area (TPSA) is 35.5 Å². The average molecular weight is 292 g/mol. The molecule has 0 aromatic heterocycles. The third kappa shape index (κ3) is 2.71. The van der Waals surface area contributed by atoms with E-state index in [0.29, 0.717) is 12.4 Å². The molecule has 110 valence electrons. The van der Waals surface area contributed by atoms with E-state index in [9.17, 15) is 22.4 Å². The van der Waals surface area contributed by atoms with Gasteiger partial charge in [0, 0.05) is 11.5 Å². The van der Waals surface area contributed by atoms with Crippen molar-refractivity contribution in [1.29, 1.82) is 0 Å². The number of carbonyl (C=O) groups excluding carboxylic acids is 1. The van der Waals surface area contributed by atoms with E-state index >= 15 is 0 Å². The van der Waals surface area contributed by atoms with Crippen LogP contribution in [0, 0.1) is 5.92 Å². The zero-order valence-corrected chi connectivity index (χ0v) is 10.5. The van der Waals surface area contributed by atoms with Crippen LogP contribution in [0.5, 0.6) is 11.5 Å². The second-order valence-corrected chi connectivity index (χ2v) is 4.64. The van der Waals surface area contributed by atoms with E-state index in [1.54, 1.807) is 0 Å². The summed E-state index contributed by atoms with van der Waals surface area (Å²) in [6.07, 6.45) is -4.05. The fraction of sp³-hybridized carbons (Fsp3) is 0.462. The molecule has 0 amide bonds. The number of fused-ring (bicyclic) bond motifs is 1. The Labute approximate surface area is 112 Å². The van der Waals surface area contributed by atoms with Crippen molar-refractivity contribution in [2.45, 2.75) is 19.3 Å². The van der Waals surface area contributed by atoms with Gasteiger partial charge >= 0.3 is 12.3 Å². The molecular formula is C13H12F4O3. The van der Waals surface area contributed by atoms with Crippen LogP contribution in [0.1, 0.15) is 17.3 Å². The second kappa shape index (κ2) is 5.30. The maximum absolute atomic E-state index is 13.0. The normalized spacial score (nSPS) is 18.8. The van der Waals surface area contributed by atoms with Gasteiger partial charge in [-0.3, -0.25) is 4.79 Å². The van der Waals surface area contributed by atoms with Gasteiger partial charge in [-0.05, 0) is 18.2 Å². The largest absolute Gasteiger partial charge is 0.489 e. The molecule has 0 radical (unpaired) electrons. The summed E-state index contributed by atoms with van der Waals surface area (Å²) in [5, 5.41) is 0. The monoisotopic (exact) mass is 292 g/mol. The Morgan fingerprint density at radius 2 is 1.85 bits per heavy atom. The van der Waals surface area contributed by atoms with Gasteiger partial charge in [0.25, 0.3) is 0 Å². The predicted octanol–water partition coefficient (Wildman–Crippen LogP) is 3.18. The summed E-state index contributed by atoms with van der Waals surface area (Å²) < 4.78 is 61.1. The van der Waals surface area contributed by atoms with Crippen molar-refractivity contribution >= 4 is 5.78 Å². The summed E-state index contributed by atoms with van der Waals surface area (Å²) in [7, 11) is 0. The average Bonchev–Trinajstić information content (AvgIpc) is 2.59. The van der Waals surface area contributed by atoms with Crippen LogP contribution in [0.4, 0.5) is 17.6 Å². The molecule has 0 saturated carbocycles. The van der Waals surface area contributed by atoms with Gasteiger partial charge in [-0.2, -0.15) is 8.78 Å². The summed E-state index contributed by atoms with van der Waals surface area (Å²) in [6.45, 7) is 2.53. The Morgan fingerprint density at radius 1 is 1.25 bits per heavy atom. The van der Waals surface area contributed by atoms with Crippen LogP contribution in [-0.2, 0) is 0 Å². The first-order valence-electron chi connectivity index (χ1n) is 5.92. The fourth-order valence-corrected chi connectivity index (χ4v) is 1.69. The maximum atomic E-state index is 13.0. The van der Waals surface area contributed by atoms with E-state index in [-0.39, 0.29) is 18.3 Å². The smallest absolute Gasteiger partial charge is 0.368 e. The van der Waals surface area contributed by atoms with Crippen molar-refractivity contribution in [3.63, 3.8) is 0 Å². The Hall–Kier alpha value is -1.79. The molecule has 20 heavy (non-hydrogen) atoms. The molecule has 0 aliphatic carbocycles. The highest BCUT2D eigenvalue weighted by Gasteiger charge is 2.49. The molecular weight excluding hydrogens is 280 g/mol. The standard InChI is InChI=1S/C13H12F4O3/c1-7-5-19-9-3-2-8(4-10(9)20-6-7)11(18)13(16,17)12(14)15/h2-4,7,12H,5-6H2,1H3. The number of Topliss-reactive ketones (excluding diaryl/α,β-unsaturated/α-hetero) is 1. The van der Waals surface area contributed by atoms with Crippen molar-refractivity contribution in [3.8, 4) is 11.5 Å². The van der Waals surface area contributed by atoms with Crippen LogP contribution in [0.25, 0.3) is 0 Å². The van der Waals surface area contributed by atoms with Crippen molar-refractivity contribution in [1.82, 2.24) is 0 Å². The van der Waals surface area contributed by atoms with Gasteiger partial charge in [0.05, 0.1) is 13.2 Å². The highest BCUT2D eigenvalue weighted by atomic mass is 19.3. The van der Waals surface area contributed by atoms with Gasteiger partial charge in [-0.15, -0.1) is 0 Å². The van der Waals surface area contributed by atoms with E-state index in [0.717, 1.165) is 12.1 Å². The Morgan fingerprint density at radius 3 is 2.45 bits per heavy atom. The summed E-state index contributed by atoms with van der Waals surface area (Å²) in [5.74, 6) is -6.16. The zero-order valence-electron chi connectivity index (χ0n) is 10.5. The van der Waals surface area contributed by atoms with Gasteiger partial charge in [-0.1, -0.05) is 6.92 Å². The number of halogens is 4. The quantitative estimate of drug-likeness (QED) is 0.634. The highest BCUT2D eigenvalue weighted by Crippen LogP contribution is 2.34. The number of ether oxygens (including phenoxy) is 2. The van der Waals surface area contributed by atoms with E-state index in [4.69, 9.17) is 9.47 Å². The third-order valence-electron chi connectivity index (χ3n) is 2.83. The van der Waals surface area contributed by atoms with Crippen LogP contribution >= 0.6 is 0 Å². The molecule has 1 aromatic rings. The van der Waals surface area contributed by atoms with Gasteiger partial charge in [0.15, 0.2) is 11.5 Å². The molecule has 3 nitrogen and oxygen atoms in total. The molecule has 0 bridgehead atoms.